The monoisotopic (exact) mass is 242 g/mol. The van der Waals surface area contributed by atoms with Crippen molar-refractivity contribution in [2.24, 2.45) is 0 Å². The van der Waals surface area contributed by atoms with E-state index < -0.39 is 0 Å². The SMILES string of the molecule is CN(c1[nH]c2ccccc2c1C=O)C1CCCC1. The van der Waals surface area contributed by atoms with E-state index in [1.807, 2.05) is 24.3 Å². The normalized spacial score (nSPS) is 16.3. The fourth-order valence-electron chi connectivity index (χ4n) is 3.02. The molecule has 1 aliphatic carbocycles. The van der Waals surface area contributed by atoms with Gasteiger partial charge in [-0.05, 0) is 18.9 Å². The van der Waals surface area contributed by atoms with E-state index in [1.165, 1.54) is 25.7 Å². The van der Waals surface area contributed by atoms with Gasteiger partial charge in [-0.3, -0.25) is 4.79 Å². The number of aromatic amines is 1. The molecule has 1 saturated carbocycles. The zero-order valence-electron chi connectivity index (χ0n) is 10.6. The molecule has 1 aromatic carbocycles. The summed E-state index contributed by atoms with van der Waals surface area (Å²) in [7, 11) is 2.09. The number of carbonyl (C=O) groups excluding carboxylic acids is 1. The molecule has 1 aromatic heterocycles. The van der Waals surface area contributed by atoms with E-state index in [0.717, 1.165) is 28.6 Å². The van der Waals surface area contributed by atoms with Crippen molar-refractivity contribution in [2.45, 2.75) is 31.7 Å². The molecule has 0 unspecified atom stereocenters. The lowest BCUT2D eigenvalue weighted by molar-refractivity contribution is 0.112. The number of hydrogen-bond acceptors (Lipinski definition) is 2. The molecule has 1 N–H and O–H groups in total. The van der Waals surface area contributed by atoms with Gasteiger partial charge >= 0.3 is 0 Å². The second kappa shape index (κ2) is 4.48. The number of hydrogen-bond donors (Lipinski definition) is 1. The molecule has 18 heavy (non-hydrogen) atoms. The highest BCUT2D eigenvalue weighted by Crippen LogP contribution is 2.31. The van der Waals surface area contributed by atoms with Gasteiger partial charge in [0.05, 0.1) is 5.56 Å². The third-order valence-corrected chi connectivity index (χ3v) is 4.07. The number of nitrogens with one attached hydrogen (secondary N) is 1. The smallest absolute Gasteiger partial charge is 0.154 e. The highest BCUT2D eigenvalue weighted by Gasteiger charge is 2.23. The number of carbonyl (C=O) groups is 1. The molecular formula is C15H18N2O. The summed E-state index contributed by atoms with van der Waals surface area (Å²) in [5.41, 5.74) is 1.83. The Kier molecular flexibility index (Phi) is 2.82. The molecule has 0 bridgehead atoms. The molecule has 0 aliphatic heterocycles. The lowest BCUT2D eigenvalue weighted by Crippen LogP contribution is -2.29. The molecule has 3 heteroatoms. The average molecular weight is 242 g/mol. The standard InChI is InChI=1S/C15H18N2O/c1-17(11-6-2-3-7-11)15-13(10-18)12-8-4-5-9-14(12)16-15/h4-5,8-11,16H,2-3,6-7H2,1H3. The number of aromatic nitrogens is 1. The van der Waals surface area contributed by atoms with Gasteiger partial charge in [0.1, 0.15) is 5.82 Å². The van der Waals surface area contributed by atoms with E-state index in [0.29, 0.717) is 6.04 Å². The summed E-state index contributed by atoms with van der Waals surface area (Å²) >= 11 is 0. The minimum Gasteiger partial charge on any atom is -0.358 e. The van der Waals surface area contributed by atoms with Gasteiger partial charge in [0.2, 0.25) is 0 Å². The molecule has 1 aliphatic rings. The Balaban J connectivity index is 2.07. The highest BCUT2D eigenvalue weighted by atomic mass is 16.1. The van der Waals surface area contributed by atoms with E-state index in [9.17, 15) is 4.79 Å². The number of H-pyrrole nitrogens is 1. The van der Waals surface area contributed by atoms with Crippen LogP contribution in [0.2, 0.25) is 0 Å². The summed E-state index contributed by atoms with van der Waals surface area (Å²) < 4.78 is 0. The molecule has 1 heterocycles. The number of nitrogens with zero attached hydrogens (tertiary/aromatic N) is 1. The van der Waals surface area contributed by atoms with Crippen LogP contribution in [0.5, 0.6) is 0 Å². The van der Waals surface area contributed by atoms with Crippen molar-refractivity contribution in [3.05, 3.63) is 29.8 Å². The van der Waals surface area contributed by atoms with Crippen LogP contribution < -0.4 is 4.90 Å². The molecule has 0 atom stereocenters. The van der Waals surface area contributed by atoms with Gasteiger partial charge in [0.15, 0.2) is 6.29 Å². The first-order valence-electron chi connectivity index (χ1n) is 6.60. The van der Waals surface area contributed by atoms with Crippen LogP contribution in [-0.4, -0.2) is 24.4 Å². The molecule has 0 saturated heterocycles. The fourth-order valence-corrected chi connectivity index (χ4v) is 3.02. The molecular weight excluding hydrogens is 224 g/mol. The number of fused-ring (bicyclic) bond motifs is 1. The van der Waals surface area contributed by atoms with Crippen LogP contribution >= 0.6 is 0 Å². The van der Waals surface area contributed by atoms with Crippen molar-refractivity contribution in [3.8, 4) is 0 Å². The number of benzene rings is 1. The maximum atomic E-state index is 11.4. The van der Waals surface area contributed by atoms with Crippen LogP contribution in [-0.2, 0) is 0 Å². The average Bonchev–Trinajstić information content (AvgIpc) is 3.04. The minimum atomic E-state index is 0.566. The van der Waals surface area contributed by atoms with Crippen molar-refractivity contribution in [3.63, 3.8) is 0 Å². The maximum Gasteiger partial charge on any atom is 0.154 e. The number of para-hydroxylation sites is 1. The predicted molar refractivity (Wildman–Crippen MR) is 74.3 cm³/mol. The molecule has 2 aromatic rings. The van der Waals surface area contributed by atoms with Crippen LogP contribution in [0.15, 0.2) is 24.3 Å². The molecule has 3 rings (SSSR count). The van der Waals surface area contributed by atoms with Crippen LogP contribution in [0, 0.1) is 0 Å². The van der Waals surface area contributed by atoms with Crippen molar-refractivity contribution >= 4 is 23.0 Å². The van der Waals surface area contributed by atoms with E-state index in [-0.39, 0.29) is 0 Å². The van der Waals surface area contributed by atoms with Gasteiger partial charge in [0.25, 0.3) is 0 Å². The number of aldehydes is 1. The van der Waals surface area contributed by atoms with E-state index in [1.54, 1.807) is 0 Å². The largest absolute Gasteiger partial charge is 0.358 e. The topological polar surface area (TPSA) is 36.1 Å². The Morgan fingerprint density at radius 3 is 2.72 bits per heavy atom. The van der Waals surface area contributed by atoms with Gasteiger partial charge in [-0.1, -0.05) is 31.0 Å². The van der Waals surface area contributed by atoms with Crippen molar-refractivity contribution in [1.29, 1.82) is 0 Å². The fraction of sp³-hybridized carbons (Fsp3) is 0.400. The molecule has 0 amide bonds. The second-order valence-electron chi connectivity index (χ2n) is 5.10. The van der Waals surface area contributed by atoms with E-state index in [2.05, 4.69) is 16.9 Å². The molecule has 1 fully saturated rings. The van der Waals surface area contributed by atoms with Gasteiger partial charge < -0.3 is 9.88 Å². The lowest BCUT2D eigenvalue weighted by Gasteiger charge is -2.25. The maximum absolute atomic E-state index is 11.4. The summed E-state index contributed by atoms with van der Waals surface area (Å²) in [4.78, 5) is 17.0. The van der Waals surface area contributed by atoms with Gasteiger partial charge in [0, 0.05) is 24.0 Å². The predicted octanol–water partition coefficient (Wildman–Crippen LogP) is 3.36. The molecule has 0 spiro atoms. The molecule has 0 radical (unpaired) electrons. The molecule has 94 valence electrons. The van der Waals surface area contributed by atoms with E-state index in [4.69, 9.17) is 0 Å². The molecule has 3 nitrogen and oxygen atoms in total. The Hall–Kier alpha value is -1.77. The Morgan fingerprint density at radius 1 is 1.28 bits per heavy atom. The second-order valence-corrected chi connectivity index (χ2v) is 5.10. The third kappa shape index (κ3) is 1.70. The first kappa shape index (κ1) is 11.3. The zero-order chi connectivity index (χ0) is 12.5. The summed E-state index contributed by atoms with van der Waals surface area (Å²) in [6, 6.07) is 8.56. The van der Waals surface area contributed by atoms with Crippen LogP contribution in [0.1, 0.15) is 36.0 Å². The summed E-state index contributed by atoms with van der Waals surface area (Å²) in [5.74, 6) is 0.970. The minimum absolute atomic E-state index is 0.566. The van der Waals surface area contributed by atoms with E-state index >= 15 is 0 Å². The first-order chi connectivity index (χ1) is 8.81. The lowest BCUT2D eigenvalue weighted by atomic mass is 10.1. The summed E-state index contributed by atoms with van der Waals surface area (Å²) in [5, 5.41) is 1.02. The number of anilines is 1. The quantitative estimate of drug-likeness (QED) is 0.838. The van der Waals surface area contributed by atoms with Crippen molar-refractivity contribution < 1.29 is 4.79 Å². The van der Waals surface area contributed by atoms with Crippen LogP contribution in [0.3, 0.4) is 0 Å². The van der Waals surface area contributed by atoms with Crippen molar-refractivity contribution in [1.82, 2.24) is 4.98 Å². The third-order valence-electron chi connectivity index (χ3n) is 4.07. The summed E-state index contributed by atoms with van der Waals surface area (Å²) in [6.07, 6.45) is 6.02. The van der Waals surface area contributed by atoms with Gasteiger partial charge in [-0.15, -0.1) is 0 Å². The number of rotatable bonds is 3. The Bertz CT molecular complexity index is 567. The highest BCUT2D eigenvalue weighted by molar-refractivity contribution is 6.03. The Labute approximate surface area is 107 Å². The Morgan fingerprint density at radius 2 is 2.00 bits per heavy atom. The first-order valence-corrected chi connectivity index (χ1v) is 6.60. The van der Waals surface area contributed by atoms with Crippen LogP contribution in [0.4, 0.5) is 5.82 Å². The zero-order valence-corrected chi connectivity index (χ0v) is 10.6. The van der Waals surface area contributed by atoms with Crippen molar-refractivity contribution in [2.75, 3.05) is 11.9 Å². The van der Waals surface area contributed by atoms with Gasteiger partial charge in [-0.2, -0.15) is 0 Å². The summed E-state index contributed by atoms with van der Waals surface area (Å²) in [6.45, 7) is 0. The van der Waals surface area contributed by atoms with Crippen LogP contribution in [0.25, 0.3) is 10.9 Å². The van der Waals surface area contributed by atoms with Gasteiger partial charge in [-0.25, -0.2) is 0 Å².